The Morgan fingerprint density at radius 3 is 2.45 bits per heavy atom. The molecule has 0 radical (unpaired) electrons. The molecule has 0 aliphatic heterocycles. The SMILES string of the molecule is CC[C@@H](CCN)CCC(N)=O. The molecule has 0 bridgehead atoms. The molecule has 0 spiro atoms. The normalized spacial score (nSPS) is 12.9. The first-order chi connectivity index (χ1) is 5.20. The van der Waals surface area contributed by atoms with Gasteiger partial charge >= 0.3 is 0 Å². The van der Waals surface area contributed by atoms with Crippen molar-refractivity contribution in [2.24, 2.45) is 17.4 Å². The molecule has 1 atom stereocenters. The summed E-state index contributed by atoms with van der Waals surface area (Å²) in [6.07, 6.45) is 3.48. The summed E-state index contributed by atoms with van der Waals surface area (Å²) < 4.78 is 0. The van der Waals surface area contributed by atoms with Crippen LogP contribution in [0, 0.1) is 5.92 Å². The molecule has 0 aromatic carbocycles. The number of rotatable bonds is 6. The highest BCUT2D eigenvalue weighted by molar-refractivity contribution is 5.73. The minimum Gasteiger partial charge on any atom is -0.370 e. The molecule has 11 heavy (non-hydrogen) atoms. The molecule has 0 aromatic heterocycles. The zero-order valence-corrected chi connectivity index (χ0v) is 7.18. The summed E-state index contributed by atoms with van der Waals surface area (Å²) in [5.74, 6) is 0.368. The molecule has 0 saturated carbocycles. The van der Waals surface area contributed by atoms with Crippen molar-refractivity contribution >= 4 is 5.91 Å². The van der Waals surface area contributed by atoms with Gasteiger partial charge in [0.2, 0.25) is 5.91 Å². The molecule has 0 heterocycles. The van der Waals surface area contributed by atoms with E-state index in [0.29, 0.717) is 18.9 Å². The molecule has 0 fully saturated rings. The van der Waals surface area contributed by atoms with E-state index in [1.807, 2.05) is 0 Å². The molecule has 0 aliphatic carbocycles. The van der Waals surface area contributed by atoms with Crippen LogP contribution in [0.4, 0.5) is 0 Å². The van der Waals surface area contributed by atoms with Gasteiger partial charge in [-0.25, -0.2) is 0 Å². The monoisotopic (exact) mass is 158 g/mol. The maximum absolute atomic E-state index is 10.4. The standard InChI is InChI=1S/C8H18N2O/c1-2-7(5-6-9)3-4-8(10)11/h7H,2-6,9H2,1H3,(H2,10,11)/t7-/m1/s1. The van der Waals surface area contributed by atoms with Crippen LogP contribution in [-0.2, 0) is 4.79 Å². The lowest BCUT2D eigenvalue weighted by molar-refractivity contribution is -0.118. The van der Waals surface area contributed by atoms with E-state index >= 15 is 0 Å². The van der Waals surface area contributed by atoms with Crippen LogP contribution in [0.15, 0.2) is 0 Å². The number of carbonyl (C=O) groups excluding carboxylic acids is 1. The molecule has 0 rings (SSSR count). The molecule has 3 heteroatoms. The van der Waals surface area contributed by atoms with Crippen LogP contribution in [-0.4, -0.2) is 12.5 Å². The van der Waals surface area contributed by atoms with E-state index in [0.717, 1.165) is 19.3 Å². The fraction of sp³-hybridized carbons (Fsp3) is 0.875. The van der Waals surface area contributed by atoms with Gasteiger partial charge in [0.15, 0.2) is 0 Å². The Balaban J connectivity index is 3.43. The molecule has 0 unspecified atom stereocenters. The summed E-state index contributed by atoms with van der Waals surface area (Å²) in [5, 5.41) is 0. The van der Waals surface area contributed by atoms with Crippen molar-refractivity contribution in [3.63, 3.8) is 0 Å². The Bertz CT molecular complexity index is 115. The Hall–Kier alpha value is -0.570. The summed E-state index contributed by atoms with van der Waals surface area (Å²) >= 11 is 0. The fourth-order valence-electron chi connectivity index (χ4n) is 1.13. The topological polar surface area (TPSA) is 69.1 Å². The van der Waals surface area contributed by atoms with Gasteiger partial charge in [0.25, 0.3) is 0 Å². The van der Waals surface area contributed by atoms with Crippen LogP contribution in [0.2, 0.25) is 0 Å². The highest BCUT2D eigenvalue weighted by atomic mass is 16.1. The zero-order chi connectivity index (χ0) is 8.69. The van der Waals surface area contributed by atoms with E-state index in [1.165, 1.54) is 0 Å². The van der Waals surface area contributed by atoms with Crippen molar-refractivity contribution in [3.05, 3.63) is 0 Å². The Kier molecular flexibility index (Phi) is 5.84. The number of primary amides is 1. The van der Waals surface area contributed by atoms with Gasteiger partial charge in [-0.05, 0) is 25.3 Å². The van der Waals surface area contributed by atoms with Gasteiger partial charge in [-0.1, -0.05) is 13.3 Å². The lowest BCUT2D eigenvalue weighted by Gasteiger charge is -2.11. The second-order valence-electron chi connectivity index (χ2n) is 2.86. The van der Waals surface area contributed by atoms with E-state index < -0.39 is 0 Å². The fourth-order valence-corrected chi connectivity index (χ4v) is 1.13. The van der Waals surface area contributed by atoms with Gasteiger partial charge in [0, 0.05) is 6.42 Å². The lowest BCUT2D eigenvalue weighted by atomic mass is 9.97. The third-order valence-electron chi connectivity index (χ3n) is 1.95. The first-order valence-corrected chi connectivity index (χ1v) is 4.19. The van der Waals surface area contributed by atoms with Crippen molar-refractivity contribution in [1.29, 1.82) is 0 Å². The van der Waals surface area contributed by atoms with Crippen molar-refractivity contribution in [3.8, 4) is 0 Å². The predicted octanol–water partition coefficient (Wildman–Crippen LogP) is 0.627. The van der Waals surface area contributed by atoms with Crippen molar-refractivity contribution < 1.29 is 4.79 Å². The first-order valence-electron chi connectivity index (χ1n) is 4.19. The first kappa shape index (κ1) is 10.4. The summed E-state index contributed by atoms with van der Waals surface area (Å²) in [5.41, 5.74) is 10.4. The molecule has 1 amide bonds. The third kappa shape index (κ3) is 5.85. The lowest BCUT2D eigenvalue weighted by Crippen LogP contribution is -2.14. The van der Waals surface area contributed by atoms with E-state index in [-0.39, 0.29) is 5.91 Å². The number of carbonyl (C=O) groups is 1. The van der Waals surface area contributed by atoms with Gasteiger partial charge < -0.3 is 11.5 Å². The minimum absolute atomic E-state index is 0.208. The summed E-state index contributed by atoms with van der Waals surface area (Å²) in [7, 11) is 0. The predicted molar refractivity (Wildman–Crippen MR) is 45.9 cm³/mol. The molecule has 3 nitrogen and oxygen atoms in total. The molecular formula is C8H18N2O. The quantitative estimate of drug-likeness (QED) is 0.595. The highest BCUT2D eigenvalue weighted by Gasteiger charge is 2.06. The van der Waals surface area contributed by atoms with Crippen LogP contribution in [0.25, 0.3) is 0 Å². The van der Waals surface area contributed by atoms with Crippen LogP contribution >= 0.6 is 0 Å². The Labute approximate surface area is 68.1 Å². The number of amides is 1. The van der Waals surface area contributed by atoms with Crippen LogP contribution in [0.5, 0.6) is 0 Å². The summed E-state index contributed by atoms with van der Waals surface area (Å²) in [4.78, 5) is 10.4. The molecule has 0 saturated heterocycles. The maximum Gasteiger partial charge on any atom is 0.217 e. The van der Waals surface area contributed by atoms with Crippen LogP contribution in [0.3, 0.4) is 0 Å². The van der Waals surface area contributed by atoms with Crippen LogP contribution < -0.4 is 11.5 Å². The molecule has 66 valence electrons. The van der Waals surface area contributed by atoms with Gasteiger partial charge in [-0.15, -0.1) is 0 Å². The average molecular weight is 158 g/mol. The number of hydrogen-bond donors (Lipinski definition) is 2. The van der Waals surface area contributed by atoms with Gasteiger partial charge in [-0.2, -0.15) is 0 Å². The molecule has 0 aliphatic rings. The highest BCUT2D eigenvalue weighted by Crippen LogP contribution is 2.13. The number of nitrogens with two attached hydrogens (primary N) is 2. The van der Waals surface area contributed by atoms with Crippen molar-refractivity contribution in [2.75, 3.05) is 6.54 Å². The Morgan fingerprint density at radius 1 is 1.45 bits per heavy atom. The van der Waals surface area contributed by atoms with Gasteiger partial charge in [0.05, 0.1) is 0 Å². The number of hydrogen-bond acceptors (Lipinski definition) is 2. The van der Waals surface area contributed by atoms with E-state index in [9.17, 15) is 4.79 Å². The van der Waals surface area contributed by atoms with Gasteiger partial charge in [-0.3, -0.25) is 4.79 Å². The maximum atomic E-state index is 10.4. The minimum atomic E-state index is -0.208. The zero-order valence-electron chi connectivity index (χ0n) is 7.18. The van der Waals surface area contributed by atoms with E-state index in [4.69, 9.17) is 11.5 Å². The Morgan fingerprint density at radius 2 is 2.09 bits per heavy atom. The van der Waals surface area contributed by atoms with Gasteiger partial charge in [0.1, 0.15) is 0 Å². The smallest absolute Gasteiger partial charge is 0.217 e. The molecule has 0 aromatic rings. The van der Waals surface area contributed by atoms with Crippen molar-refractivity contribution in [1.82, 2.24) is 0 Å². The third-order valence-corrected chi connectivity index (χ3v) is 1.95. The average Bonchev–Trinajstić information content (AvgIpc) is 1.97. The molecule has 4 N–H and O–H groups in total. The van der Waals surface area contributed by atoms with E-state index in [2.05, 4.69) is 6.92 Å². The largest absolute Gasteiger partial charge is 0.370 e. The summed E-state index contributed by atoms with van der Waals surface area (Å²) in [6.45, 7) is 2.82. The van der Waals surface area contributed by atoms with E-state index in [1.54, 1.807) is 0 Å². The second kappa shape index (κ2) is 6.16. The van der Waals surface area contributed by atoms with Crippen LogP contribution in [0.1, 0.15) is 32.6 Å². The molecular weight excluding hydrogens is 140 g/mol. The summed E-state index contributed by atoms with van der Waals surface area (Å²) in [6, 6.07) is 0. The van der Waals surface area contributed by atoms with Crippen molar-refractivity contribution in [2.45, 2.75) is 32.6 Å². The second-order valence-corrected chi connectivity index (χ2v) is 2.86.